The van der Waals surface area contributed by atoms with Crippen LogP contribution in [-0.4, -0.2) is 17.7 Å². The predicted octanol–water partition coefficient (Wildman–Crippen LogP) is 3.60. The SMILES string of the molecule is [CH2]CCCCCCCCCCNC(=O)O. The number of hydrogen-bond donors (Lipinski definition) is 2. The maximum absolute atomic E-state index is 10.1. The Morgan fingerprint density at radius 2 is 1.40 bits per heavy atom. The van der Waals surface area contributed by atoms with Gasteiger partial charge in [0.15, 0.2) is 0 Å². The first-order chi connectivity index (χ1) is 7.27. The van der Waals surface area contributed by atoms with E-state index in [1.807, 2.05) is 0 Å². The average molecular weight is 214 g/mol. The smallest absolute Gasteiger partial charge is 0.404 e. The maximum atomic E-state index is 10.1. The van der Waals surface area contributed by atoms with Crippen molar-refractivity contribution in [2.45, 2.75) is 57.8 Å². The second kappa shape index (κ2) is 11.3. The second-order valence-electron chi connectivity index (χ2n) is 3.91. The van der Waals surface area contributed by atoms with Gasteiger partial charge in [0.2, 0.25) is 0 Å². The van der Waals surface area contributed by atoms with Crippen LogP contribution in [0.4, 0.5) is 4.79 Å². The van der Waals surface area contributed by atoms with E-state index in [4.69, 9.17) is 5.11 Å². The number of nitrogens with one attached hydrogen (secondary N) is 1. The normalized spacial score (nSPS) is 10.2. The first-order valence-corrected chi connectivity index (χ1v) is 6.03. The molecule has 3 heteroatoms. The molecule has 0 rings (SSSR count). The largest absolute Gasteiger partial charge is 0.465 e. The molecule has 0 aromatic heterocycles. The number of rotatable bonds is 10. The minimum absolute atomic E-state index is 0.594. The molecular formula is C12H24NO2. The zero-order valence-corrected chi connectivity index (χ0v) is 9.63. The van der Waals surface area contributed by atoms with Gasteiger partial charge in [-0.3, -0.25) is 0 Å². The van der Waals surface area contributed by atoms with Crippen LogP contribution in [0, 0.1) is 6.92 Å². The zero-order valence-electron chi connectivity index (χ0n) is 9.63. The third kappa shape index (κ3) is 13.3. The number of amides is 1. The molecule has 0 bridgehead atoms. The molecule has 0 fully saturated rings. The standard InChI is InChI=1S/C12H24NO2/c1-2-3-4-5-6-7-8-9-10-11-13-12(14)15/h13H,1-11H2,(H,14,15). The van der Waals surface area contributed by atoms with Gasteiger partial charge in [0.25, 0.3) is 0 Å². The van der Waals surface area contributed by atoms with Crippen LogP contribution in [0.15, 0.2) is 0 Å². The quantitative estimate of drug-likeness (QED) is 0.546. The predicted molar refractivity (Wildman–Crippen MR) is 62.9 cm³/mol. The van der Waals surface area contributed by atoms with Gasteiger partial charge >= 0.3 is 6.09 Å². The van der Waals surface area contributed by atoms with Crippen LogP contribution in [0.25, 0.3) is 0 Å². The minimum Gasteiger partial charge on any atom is -0.465 e. The Morgan fingerprint density at radius 1 is 0.933 bits per heavy atom. The molecule has 0 aliphatic rings. The summed E-state index contributed by atoms with van der Waals surface area (Å²) in [5, 5.41) is 10.7. The molecule has 1 amide bonds. The fourth-order valence-electron chi connectivity index (χ4n) is 1.56. The highest BCUT2D eigenvalue weighted by atomic mass is 16.4. The molecule has 0 heterocycles. The minimum atomic E-state index is -0.914. The molecule has 3 nitrogen and oxygen atoms in total. The van der Waals surface area contributed by atoms with Crippen LogP contribution in [0.2, 0.25) is 0 Å². The lowest BCUT2D eigenvalue weighted by atomic mass is 10.1. The van der Waals surface area contributed by atoms with Crippen LogP contribution in [0.3, 0.4) is 0 Å². The third-order valence-electron chi connectivity index (χ3n) is 2.45. The first-order valence-electron chi connectivity index (χ1n) is 6.03. The summed E-state index contributed by atoms with van der Waals surface area (Å²) in [5.41, 5.74) is 0. The van der Waals surface area contributed by atoms with Gasteiger partial charge in [0.05, 0.1) is 0 Å². The van der Waals surface area contributed by atoms with Crippen molar-refractivity contribution in [2.75, 3.05) is 6.54 Å². The highest BCUT2D eigenvalue weighted by Crippen LogP contribution is 2.08. The van der Waals surface area contributed by atoms with Crippen molar-refractivity contribution in [3.8, 4) is 0 Å². The maximum Gasteiger partial charge on any atom is 0.404 e. The van der Waals surface area contributed by atoms with Gasteiger partial charge in [-0.25, -0.2) is 4.79 Å². The Hall–Kier alpha value is -0.730. The van der Waals surface area contributed by atoms with Crippen LogP contribution in [-0.2, 0) is 0 Å². The lowest BCUT2D eigenvalue weighted by Gasteiger charge is -2.02. The third-order valence-corrected chi connectivity index (χ3v) is 2.45. The van der Waals surface area contributed by atoms with Gasteiger partial charge in [0.1, 0.15) is 0 Å². The summed E-state index contributed by atoms with van der Waals surface area (Å²) in [5.74, 6) is 0. The van der Waals surface area contributed by atoms with E-state index in [0.717, 1.165) is 19.3 Å². The molecule has 1 radical (unpaired) electrons. The summed E-state index contributed by atoms with van der Waals surface area (Å²) in [4.78, 5) is 10.1. The summed E-state index contributed by atoms with van der Waals surface area (Å²) >= 11 is 0. The van der Waals surface area contributed by atoms with Crippen molar-refractivity contribution in [3.05, 3.63) is 6.92 Å². The van der Waals surface area contributed by atoms with Crippen molar-refractivity contribution < 1.29 is 9.90 Å². The summed E-state index contributed by atoms with van der Waals surface area (Å²) < 4.78 is 0. The topological polar surface area (TPSA) is 49.3 Å². The molecule has 0 unspecified atom stereocenters. The summed E-state index contributed by atoms with van der Waals surface area (Å²) in [6, 6.07) is 0. The Kier molecular flexibility index (Phi) is 10.8. The molecule has 0 spiro atoms. The molecule has 89 valence electrons. The molecule has 0 saturated heterocycles. The van der Waals surface area contributed by atoms with E-state index >= 15 is 0 Å². The Labute approximate surface area is 93.3 Å². The molecule has 0 aromatic rings. The van der Waals surface area contributed by atoms with Crippen molar-refractivity contribution in [1.29, 1.82) is 0 Å². The number of carboxylic acid groups (broad SMARTS) is 1. The van der Waals surface area contributed by atoms with Gasteiger partial charge in [-0.05, 0) is 6.42 Å². The number of carbonyl (C=O) groups is 1. The number of unbranched alkanes of at least 4 members (excludes halogenated alkanes) is 8. The van der Waals surface area contributed by atoms with Crippen LogP contribution in [0.5, 0.6) is 0 Å². The molecular weight excluding hydrogens is 190 g/mol. The fourth-order valence-corrected chi connectivity index (χ4v) is 1.56. The van der Waals surface area contributed by atoms with Crippen LogP contribution >= 0.6 is 0 Å². The highest BCUT2D eigenvalue weighted by Gasteiger charge is 1.94. The molecule has 2 N–H and O–H groups in total. The van der Waals surface area contributed by atoms with Gasteiger partial charge in [-0.1, -0.05) is 58.3 Å². The van der Waals surface area contributed by atoms with E-state index in [9.17, 15) is 4.79 Å². The first kappa shape index (κ1) is 14.3. The Bertz CT molecular complexity index is 149. The zero-order chi connectivity index (χ0) is 11.4. The second-order valence-corrected chi connectivity index (χ2v) is 3.91. The highest BCUT2D eigenvalue weighted by molar-refractivity contribution is 5.64. The molecule has 15 heavy (non-hydrogen) atoms. The van der Waals surface area contributed by atoms with E-state index in [1.165, 1.54) is 38.5 Å². The molecule has 0 aliphatic carbocycles. The van der Waals surface area contributed by atoms with Crippen molar-refractivity contribution in [1.82, 2.24) is 5.32 Å². The van der Waals surface area contributed by atoms with Crippen molar-refractivity contribution in [2.24, 2.45) is 0 Å². The van der Waals surface area contributed by atoms with Crippen LogP contribution in [0.1, 0.15) is 57.8 Å². The fraction of sp³-hybridized carbons (Fsp3) is 0.833. The van der Waals surface area contributed by atoms with E-state index in [2.05, 4.69) is 12.2 Å². The van der Waals surface area contributed by atoms with Crippen molar-refractivity contribution >= 4 is 6.09 Å². The summed E-state index contributed by atoms with van der Waals surface area (Å²) in [6.45, 7) is 4.41. The Balaban J connectivity index is 2.89. The lowest BCUT2D eigenvalue weighted by molar-refractivity contribution is 0.194. The summed E-state index contributed by atoms with van der Waals surface area (Å²) in [6.07, 6.45) is 9.95. The lowest BCUT2D eigenvalue weighted by Crippen LogP contribution is -2.21. The van der Waals surface area contributed by atoms with Gasteiger partial charge in [0, 0.05) is 6.54 Å². The molecule has 0 aliphatic heterocycles. The van der Waals surface area contributed by atoms with E-state index in [0.29, 0.717) is 6.54 Å². The van der Waals surface area contributed by atoms with Gasteiger partial charge in [-0.2, -0.15) is 0 Å². The van der Waals surface area contributed by atoms with Gasteiger partial charge in [-0.15, -0.1) is 0 Å². The van der Waals surface area contributed by atoms with Crippen molar-refractivity contribution in [3.63, 3.8) is 0 Å². The van der Waals surface area contributed by atoms with E-state index < -0.39 is 6.09 Å². The Morgan fingerprint density at radius 3 is 1.87 bits per heavy atom. The molecule has 0 saturated carbocycles. The molecule has 0 aromatic carbocycles. The van der Waals surface area contributed by atoms with E-state index in [-0.39, 0.29) is 0 Å². The average Bonchev–Trinajstić information content (AvgIpc) is 2.20. The number of hydrogen-bond acceptors (Lipinski definition) is 1. The monoisotopic (exact) mass is 214 g/mol. The van der Waals surface area contributed by atoms with Gasteiger partial charge < -0.3 is 10.4 Å². The molecule has 0 atom stereocenters. The van der Waals surface area contributed by atoms with Crippen LogP contribution < -0.4 is 5.32 Å². The van der Waals surface area contributed by atoms with E-state index in [1.54, 1.807) is 0 Å². The summed E-state index contributed by atoms with van der Waals surface area (Å²) in [7, 11) is 0.